The van der Waals surface area contributed by atoms with Crippen molar-refractivity contribution in [2.24, 2.45) is 5.92 Å². The van der Waals surface area contributed by atoms with E-state index in [1.807, 2.05) is 49.4 Å². The van der Waals surface area contributed by atoms with Crippen LogP contribution in [0.1, 0.15) is 24.1 Å². The third-order valence-corrected chi connectivity index (χ3v) is 5.64. The number of carbonyl (C=O) groups is 1. The number of piperidine rings is 1. The number of benzene rings is 2. The van der Waals surface area contributed by atoms with Gasteiger partial charge in [-0.3, -0.25) is 14.9 Å². The summed E-state index contributed by atoms with van der Waals surface area (Å²) in [5, 5.41) is 15.2. The van der Waals surface area contributed by atoms with Crippen molar-refractivity contribution in [2.75, 3.05) is 18.0 Å². The zero-order valence-electron chi connectivity index (χ0n) is 16.9. The third-order valence-electron chi connectivity index (χ3n) is 5.64. The lowest BCUT2D eigenvalue weighted by molar-refractivity contribution is -0.383. The second-order valence-electron chi connectivity index (χ2n) is 7.68. The van der Waals surface area contributed by atoms with Crippen molar-refractivity contribution in [3.05, 3.63) is 76.0 Å². The topological polar surface area (TPSA) is 88.4 Å². The van der Waals surface area contributed by atoms with Crippen molar-refractivity contribution in [1.82, 2.24) is 10.3 Å². The van der Waals surface area contributed by atoms with Crippen LogP contribution in [0.3, 0.4) is 0 Å². The van der Waals surface area contributed by atoms with Crippen molar-refractivity contribution < 1.29 is 9.72 Å². The Morgan fingerprint density at radius 2 is 1.90 bits per heavy atom. The Morgan fingerprint density at radius 1 is 1.17 bits per heavy atom. The van der Waals surface area contributed by atoms with Gasteiger partial charge in [-0.25, -0.2) is 4.98 Å². The molecule has 0 bridgehead atoms. The van der Waals surface area contributed by atoms with Gasteiger partial charge in [0.2, 0.25) is 5.91 Å². The zero-order chi connectivity index (χ0) is 21.1. The van der Waals surface area contributed by atoms with E-state index in [4.69, 9.17) is 0 Å². The molecule has 1 fully saturated rings. The van der Waals surface area contributed by atoms with Gasteiger partial charge in [-0.15, -0.1) is 0 Å². The molecule has 0 atom stereocenters. The van der Waals surface area contributed by atoms with Crippen LogP contribution >= 0.6 is 0 Å². The number of fused-ring (bicyclic) bond motifs is 1. The fourth-order valence-electron chi connectivity index (χ4n) is 4.06. The van der Waals surface area contributed by atoms with Gasteiger partial charge < -0.3 is 10.2 Å². The van der Waals surface area contributed by atoms with Gasteiger partial charge in [0.15, 0.2) is 5.52 Å². The van der Waals surface area contributed by atoms with Gasteiger partial charge in [-0.1, -0.05) is 42.5 Å². The first-order valence-electron chi connectivity index (χ1n) is 10.1. The molecule has 7 heteroatoms. The highest BCUT2D eigenvalue weighted by Gasteiger charge is 2.27. The van der Waals surface area contributed by atoms with Crippen molar-refractivity contribution in [2.45, 2.75) is 26.3 Å². The molecule has 30 heavy (non-hydrogen) atoms. The van der Waals surface area contributed by atoms with Gasteiger partial charge in [0.05, 0.1) is 4.92 Å². The van der Waals surface area contributed by atoms with Crippen molar-refractivity contribution in [3.8, 4) is 0 Å². The number of hydrogen-bond donors (Lipinski definition) is 1. The van der Waals surface area contributed by atoms with E-state index in [0.717, 1.165) is 48.3 Å². The Kier molecular flexibility index (Phi) is 5.61. The molecule has 1 aliphatic rings. The maximum atomic E-state index is 12.6. The molecule has 4 rings (SSSR count). The molecule has 0 aliphatic carbocycles. The first-order valence-corrected chi connectivity index (χ1v) is 10.1. The average molecular weight is 404 g/mol. The quantitative estimate of drug-likeness (QED) is 0.513. The van der Waals surface area contributed by atoms with Gasteiger partial charge >= 0.3 is 0 Å². The highest BCUT2D eigenvalue weighted by atomic mass is 16.6. The summed E-state index contributed by atoms with van der Waals surface area (Å²) in [5.41, 5.74) is 3.22. The molecule has 1 saturated heterocycles. The van der Waals surface area contributed by atoms with E-state index < -0.39 is 0 Å². The van der Waals surface area contributed by atoms with E-state index in [1.54, 1.807) is 6.07 Å². The molecule has 1 aliphatic heterocycles. The van der Waals surface area contributed by atoms with Crippen LogP contribution in [0.5, 0.6) is 0 Å². The lowest BCUT2D eigenvalue weighted by Crippen LogP contribution is -2.40. The SMILES string of the molecule is Cc1cc(N2CCC(C(=O)NCc3ccccc3)CC2)c2cccc([N+](=O)[O-])c2n1. The zero-order valence-corrected chi connectivity index (χ0v) is 16.9. The summed E-state index contributed by atoms with van der Waals surface area (Å²) in [6.07, 6.45) is 1.50. The minimum atomic E-state index is -0.387. The van der Waals surface area contributed by atoms with Gasteiger partial charge in [0.1, 0.15) is 0 Å². The number of hydrogen-bond acceptors (Lipinski definition) is 5. The van der Waals surface area contributed by atoms with E-state index in [9.17, 15) is 14.9 Å². The monoisotopic (exact) mass is 404 g/mol. The maximum absolute atomic E-state index is 12.6. The van der Waals surface area contributed by atoms with Crippen LogP contribution in [0.4, 0.5) is 11.4 Å². The number of aromatic nitrogens is 1. The maximum Gasteiger partial charge on any atom is 0.295 e. The number of nitrogens with zero attached hydrogens (tertiary/aromatic N) is 3. The lowest BCUT2D eigenvalue weighted by atomic mass is 9.95. The molecule has 0 saturated carbocycles. The molecule has 7 nitrogen and oxygen atoms in total. The molecule has 3 aromatic rings. The van der Waals surface area contributed by atoms with Crippen LogP contribution in [0.2, 0.25) is 0 Å². The Morgan fingerprint density at radius 3 is 2.60 bits per heavy atom. The Labute approximate surface area is 174 Å². The molecular weight excluding hydrogens is 380 g/mol. The number of para-hydroxylation sites is 1. The second kappa shape index (κ2) is 8.49. The van der Waals surface area contributed by atoms with Gasteiger partial charge in [0.25, 0.3) is 5.69 Å². The normalized spacial score (nSPS) is 14.6. The van der Waals surface area contributed by atoms with E-state index in [1.165, 1.54) is 6.07 Å². The highest BCUT2D eigenvalue weighted by Crippen LogP contribution is 2.34. The first-order chi connectivity index (χ1) is 14.5. The van der Waals surface area contributed by atoms with Gasteiger partial charge in [0, 0.05) is 48.4 Å². The third kappa shape index (κ3) is 4.10. The Hall–Kier alpha value is -3.48. The van der Waals surface area contributed by atoms with Crippen LogP contribution < -0.4 is 10.2 Å². The van der Waals surface area contributed by atoms with E-state index in [0.29, 0.717) is 12.1 Å². The number of anilines is 1. The average Bonchev–Trinajstić information content (AvgIpc) is 2.77. The number of amides is 1. The number of aryl methyl sites for hydroxylation is 1. The van der Waals surface area contributed by atoms with Crippen LogP contribution in [0.15, 0.2) is 54.6 Å². The predicted octanol–water partition coefficient (Wildman–Crippen LogP) is 3.98. The van der Waals surface area contributed by atoms with Gasteiger partial charge in [-0.05, 0) is 31.4 Å². The molecule has 0 unspecified atom stereocenters. The van der Waals surface area contributed by atoms with Crippen molar-refractivity contribution >= 4 is 28.2 Å². The summed E-state index contributed by atoms with van der Waals surface area (Å²) in [5.74, 6) is 0.0680. The minimum Gasteiger partial charge on any atom is -0.371 e. The number of carbonyl (C=O) groups excluding carboxylic acids is 1. The molecule has 1 aromatic heterocycles. The van der Waals surface area contributed by atoms with Crippen LogP contribution in [-0.4, -0.2) is 28.9 Å². The number of nitro benzene ring substituents is 1. The van der Waals surface area contributed by atoms with Crippen LogP contribution in [0, 0.1) is 23.0 Å². The van der Waals surface area contributed by atoms with Crippen LogP contribution in [0.25, 0.3) is 10.9 Å². The summed E-state index contributed by atoms with van der Waals surface area (Å²) in [7, 11) is 0. The minimum absolute atomic E-state index is 0.0199. The predicted molar refractivity (Wildman–Crippen MR) is 116 cm³/mol. The van der Waals surface area contributed by atoms with Gasteiger partial charge in [-0.2, -0.15) is 0 Å². The Balaban J connectivity index is 1.46. The summed E-state index contributed by atoms with van der Waals surface area (Å²) in [6.45, 7) is 3.84. The fraction of sp³-hybridized carbons (Fsp3) is 0.304. The molecular formula is C23H24N4O3. The number of pyridine rings is 1. The standard InChI is InChI=1S/C23H24N4O3/c1-16-14-21(19-8-5-9-20(27(29)30)22(19)25-16)26-12-10-18(11-13-26)23(28)24-15-17-6-3-2-4-7-17/h2-9,14,18H,10-13,15H2,1H3,(H,24,28). The summed E-state index contributed by atoms with van der Waals surface area (Å²) in [4.78, 5) is 30.2. The number of nitro groups is 1. The molecule has 1 amide bonds. The highest BCUT2D eigenvalue weighted by molar-refractivity contribution is 5.97. The number of non-ortho nitro benzene ring substituents is 1. The van der Waals surface area contributed by atoms with Crippen molar-refractivity contribution in [1.29, 1.82) is 0 Å². The number of rotatable bonds is 5. The smallest absolute Gasteiger partial charge is 0.295 e. The van der Waals surface area contributed by atoms with E-state index in [2.05, 4.69) is 15.2 Å². The summed E-state index contributed by atoms with van der Waals surface area (Å²) < 4.78 is 0. The molecule has 2 aromatic carbocycles. The number of nitrogens with one attached hydrogen (secondary N) is 1. The fourth-order valence-corrected chi connectivity index (χ4v) is 4.06. The first kappa shape index (κ1) is 19.8. The van der Waals surface area contributed by atoms with E-state index in [-0.39, 0.29) is 22.4 Å². The lowest BCUT2D eigenvalue weighted by Gasteiger charge is -2.33. The second-order valence-corrected chi connectivity index (χ2v) is 7.68. The molecule has 2 heterocycles. The Bertz CT molecular complexity index is 1080. The molecule has 1 N–H and O–H groups in total. The van der Waals surface area contributed by atoms with Crippen LogP contribution in [-0.2, 0) is 11.3 Å². The molecule has 0 radical (unpaired) electrons. The molecule has 154 valence electrons. The van der Waals surface area contributed by atoms with Crippen molar-refractivity contribution in [3.63, 3.8) is 0 Å². The van der Waals surface area contributed by atoms with E-state index >= 15 is 0 Å². The molecule has 0 spiro atoms. The summed E-state index contributed by atoms with van der Waals surface area (Å²) >= 11 is 0. The summed E-state index contributed by atoms with van der Waals surface area (Å²) in [6, 6.07) is 16.9. The largest absolute Gasteiger partial charge is 0.371 e.